The van der Waals surface area contributed by atoms with Gasteiger partial charge in [-0.3, -0.25) is 0 Å². The molecule has 0 aliphatic heterocycles. The number of hydrogen-bond acceptors (Lipinski definition) is 4. The van der Waals surface area contributed by atoms with Gasteiger partial charge in [0.15, 0.2) is 0 Å². The van der Waals surface area contributed by atoms with Gasteiger partial charge in [-0.1, -0.05) is 43.3 Å². The smallest absolute Gasteiger partial charge is 0.264 e. The third-order valence-electron chi connectivity index (χ3n) is 7.31. The van der Waals surface area contributed by atoms with Crippen molar-refractivity contribution in [3.05, 3.63) is 130 Å². The Morgan fingerprint density at radius 3 is 1.59 bits per heavy atom. The number of fused-ring (bicyclic) bond motifs is 3. The second-order valence-corrected chi connectivity index (χ2v) is 10.2. The van der Waals surface area contributed by atoms with Crippen LogP contribution in [0.2, 0.25) is 0 Å². The van der Waals surface area contributed by atoms with Gasteiger partial charge in [0.05, 0.1) is 25.3 Å². The molecule has 0 saturated carbocycles. The Balaban J connectivity index is 1.50. The summed E-state index contributed by atoms with van der Waals surface area (Å²) in [5.41, 5.74) is 5.42. The van der Waals surface area contributed by atoms with Crippen molar-refractivity contribution in [3.63, 3.8) is 0 Å². The van der Waals surface area contributed by atoms with Crippen molar-refractivity contribution in [1.82, 2.24) is 4.57 Å². The molecular formula is C37H27N5O2. The van der Waals surface area contributed by atoms with Gasteiger partial charge in [0, 0.05) is 39.5 Å². The van der Waals surface area contributed by atoms with Gasteiger partial charge in [-0.2, -0.15) is 0 Å². The number of aryl methyl sites for hydroxylation is 1. The van der Waals surface area contributed by atoms with Gasteiger partial charge in [-0.25, -0.2) is 20.2 Å². The average Bonchev–Trinajstić information content (AvgIpc) is 3.78. The van der Waals surface area contributed by atoms with Crippen LogP contribution in [-0.2, 0) is 6.54 Å². The lowest BCUT2D eigenvalue weighted by Gasteiger charge is -2.07. The number of aromatic nitrogens is 1. The molecule has 0 fully saturated rings. The van der Waals surface area contributed by atoms with Gasteiger partial charge in [0.2, 0.25) is 0 Å². The lowest BCUT2D eigenvalue weighted by Crippen LogP contribution is -1.96. The van der Waals surface area contributed by atoms with Crippen LogP contribution in [0.5, 0.6) is 0 Å². The number of hydrogen-bond donors (Lipinski definition) is 0. The van der Waals surface area contributed by atoms with Gasteiger partial charge in [0.1, 0.15) is 23.0 Å². The number of furan rings is 2. The molecule has 0 radical (unpaired) electrons. The molecule has 5 aromatic rings. The zero-order valence-electron chi connectivity index (χ0n) is 24.5. The highest BCUT2D eigenvalue weighted by molar-refractivity contribution is 6.09. The van der Waals surface area contributed by atoms with Crippen LogP contribution in [0.4, 0.5) is 0 Å². The van der Waals surface area contributed by atoms with Crippen molar-refractivity contribution < 1.29 is 8.83 Å². The summed E-state index contributed by atoms with van der Waals surface area (Å²) < 4.78 is 14.5. The summed E-state index contributed by atoms with van der Waals surface area (Å²) in [7, 11) is 0. The second-order valence-electron chi connectivity index (χ2n) is 10.2. The summed E-state index contributed by atoms with van der Waals surface area (Å²) in [6.45, 7) is 20.7. The molecule has 2 aromatic carbocycles. The summed E-state index contributed by atoms with van der Waals surface area (Å²) in [4.78, 5) is 6.49. The molecule has 212 valence electrons. The van der Waals surface area contributed by atoms with Crippen LogP contribution in [0.3, 0.4) is 0 Å². The normalized spacial score (nSPS) is 12.6. The Bertz CT molecular complexity index is 2020. The van der Waals surface area contributed by atoms with Crippen LogP contribution in [0.25, 0.3) is 66.3 Å². The third kappa shape index (κ3) is 5.73. The quantitative estimate of drug-likeness (QED) is 0.105. The Morgan fingerprint density at radius 2 is 1.20 bits per heavy atom. The van der Waals surface area contributed by atoms with Gasteiger partial charge in [-0.05, 0) is 80.0 Å². The first-order chi connectivity index (χ1) is 21.4. The van der Waals surface area contributed by atoms with E-state index in [2.05, 4.69) is 57.6 Å². The van der Waals surface area contributed by atoms with E-state index in [0.29, 0.717) is 22.7 Å². The van der Waals surface area contributed by atoms with Crippen LogP contribution in [0, 0.1) is 35.8 Å². The Kier molecular flexibility index (Phi) is 8.44. The van der Waals surface area contributed by atoms with E-state index in [1.54, 1.807) is 38.2 Å². The van der Waals surface area contributed by atoms with E-state index in [-0.39, 0.29) is 11.4 Å². The molecular weight excluding hydrogens is 546 g/mol. The maximum absolute atomic E-state index is 9.08. The largest absolute Gasteiger partial charge is 0.457 e. The van der Waals surface area contributed by atoms with Crippen molar-refractivity contribution >= 4 is 34.0 Å². The summed E-state index contributed by atoms with van der Waals surface area (Å²) >= 11 is 0. The van der Waals surface area contributed by atoms with Crippen molar-refractivity contribution in [2.24, 2.45) is 0 Å². The fourth-order valence-electron chi connectivity index (χ4n) is 5.04. The molecule has 0 atom stereocenters. The van der Waals surface area contributed by atoms with Gasteiger partial charge in [0.25, 0.3) is 11.4 Å². The van der Waals surface area contributed by atoms with Crippen molar-refractivity contribution in [2.45, 2.75) is 33.7 Å². The van der Waals surface area contributed by atoms with Crippen LogP contribution >= 0.6 is 0 Å². The van der Waals surface area contributed by atoms with E-state index in [9.17, 15) is 0 Å². The number of rotatable bonds is 8. The summed E-state index contributed by atoms with van der Waals surface area (Å²) in [6, 6.07) is 24.1. The molecule has 3 heterocycles. The average molecular weight is 574 g/mol. The molecule has 44 heavy (non-hydrogen) atoms. The molecule has 0 amide bonds. The monoisotopic (exact) mass is 573 g/mol. The van der Waals surface area contributed by atoms with E-state index in [1.807, 2.05) is 36.4 Å². The minimum Gasteiger partial charge on any atom is -0.457 e. The van der Waals surface area contributed by atoms with Crippen molar-refractivity contribution in [2.75, 3.05) is 0 Å². The molecule has 7 nitrogen and oxygen atoms in total. The highest BCUT2D eigenvalue weighted by Crippen LogP contribution is 2.36. The number of benzene rings is 2. The standard InChI is InChI=1S/C37H27N5O2/c1-6-19-42-34-20-26(36-17-13-28(43-36)11-7-24(2)32(22-38)40-4)9-15-30(34)31-16-10-27(21-35(31)42)37-18-14-29(44-37)12-8-25(3)33(23-39)41-5/h7-18,20-21H,6,19H2,1-3H3/b11-7+,12-8+,32-24-,33-25+. The van der Waals surface area contributed by atoms with Crippen molar-refractivity contribution in [3.8, 4) is 34.8 Å². The topological polar surface area (TPSA) is 87.5 Å². The fraction of sp³-hybridized carbons (Fsp3) is 0.135. The summed E-state index contributed by atoms with van der Waals surface area (Å²) in [5.74, 6) is 2.73. The first kappa shape index (κ1) is 29.2. The lowest BCUT2D eigenvalue weighted by molar-refractivity contribution is 0.571. The molecule has 3 aromatic heterocycles. The molecule has 0 N–H and O–H groups in total. The predicted octanol–water partition coefficient (Wildman–Crippen LogP) is 10.2. The molecule has 0 saturated heterocycles. The van der Waals surface area contributed by atoms with Crippen molar-refractivity contribution in [1.29, 1.82) is 10.5 Å². The number of allylic oxidation sites excluding steroid dienone is 6. The van der Waals surface area contributed by atoms with Crippen LogP contribution in [0.1, 0.15) is 38.7 Å². The van der Waals surface area contributed by atoms with Gasteiger partial charge >= 0.3 is 0 Å². The van der Waals surface area contributed by atoms with Crippen LogP contribution in [0.15, 0.2) is 104 Å². The number of nitriles is 2. The molecule has 0 bridgehead atoms. The Labute approximate surface area is 255 Å². The van der Waals surface area contributed by atoms with E-state index in [1.165, 1.54) is 0 Å². The van der Waals surface area contributed by atoms with E-state index < -0.39 is 0 Å². The molecule has 0 spiro atoms. The minimum atomic E-state index is 0.0604. The molecule has 0 aliphatic carbocycles. The zero-order chi connectivity index (χ0) is 31.2. The van der Waals surface area contributed by atoms with E-state index in [0.717, 1.165) is 57.4 Å². The van der Waals surface area contributed by atoms with Crippen LogP contribution in [-0.4, -0.2) is 4.57 Å². The zero-order valence-corrected chi connectivity index (χ0v) is 24.5. The molecule has 0 unspecified atom stereocenters. The Hall–Kier alpha value is -6.28. The second kappa shape index (κ2) is 12.7. The molecule has 5 rings (SSSR count). The molecule has 0 aliphatic rings. The fourth-order valence-corrected chi connectivity index (χ4v) is 5.04. The maximum atomic E-state index is 9.08. The van der Waals surface area contributed by atoms with Crippen LogP contribution < -0.4 is 0 Å². The minimum absolute atomic E-state index is 0.0604. The first-order valence-corrected chi connectivity index (χ1v) is 14.0. The first-order valence-electron chi connectivity index (χ1n) is 14.0. The summed E-state index contributed by atoms with van der Waals surface area (Å²) in [6.07, 6.45) is 7.93. The van der Waals surface area contributed by atoms with Gasteiger partial charge in [-0.15, -0.1) is 0 Å². The van der Waals surface area contributed by atoms with E-state index in [4.69, 9.17) is 32.5 Å². The number of nitrogens with zero attached hydrogens (tertiary/aromatic N) is 5. The Morgan fingerprint density at radius 1 is 0.750 bits per heavy atom. The highest BCUT2D eigenvalue weighted by atomic mass is 16.3. The molecule has 7 heteroatoms. The highest BCUT2D eigenvalue weighted by Gasteiger charge is 2.15. The third-order valence-corrected chi connectivity index (χ3v) is 7.31. The maximum Gasteiger partial charge on any atom is 0.264 e. The van der Waals surface area contributed by atoms with Gasteiger partial charge < -0.3 is 13.4 Å². The SMILES string of the molecule is [C-]#[N+]/C(C#N)=C(C)\C=C\c1ccc(-c2ccc3c4ccc(-c5ccc(/C=C/C(C)=C(\C#N)[N+]#[C-])o5)cc4n(CCC)c3c2)o1. The lowest BCUT2D eigenvalue weighted by atomic mass is 10.1. The van der Waals surface area contributed by atoms with E-state index >= 15 is 0 Å². The summed E-state index contributed by atoms with van der Waals surface area (Å²) in [5, 5.41) is 20.5. The predicted molar refractivity (Wildman–Crippen MR) is 173 cm³/mol.